The molecule has 0 aromatic rings. The first-order chi connectivity index (χ1) is 7.92. The maximum Gasteiger partial charge on any atom is 0.153 e. The highest BCUT2D eigenvalue weighted by atomic mass is 35.5. The third-order valence-electron chi connectivity index (χ3n) is 3.67. The summed E-state index contributed by atoms with van der Waals surface area (Å²) < 4.78 is 23.4. The van der Waals surface area contributed by atoms with E-state index in [1.165, 1.54) is 19.3 Å². The van der Waals surface area contributed by atoms with Crippen LogP contribution in [-0.2, 0) is 9.84 Å². The summed E-state index contributed by atoms with van der Waals surface area (Å²) in [5, 5.41) is 3.10. The minimum atomic E-state index is -2.94. The fraction of sp³-hybridized carbons (Fsp3) is 1.00. The minimum Gasteiger partial charge on any atom is -0.309 e. The Morgan fingerprint density at radius 3 is 2.29 bits per heavy atom. The molecule has 1 aliphatic rings. The molecule has 0 saturated heterocycles. The van der Waals surface area contributed by atoms with Gasteiger partial charge in [0.05, 0.1) is 11.0 Å². The maximum atomic E-state index is 11.7. The summed E-state index contributed by atoms with van der Waals surface area (Å²) in [6, 6.07) is 0. The van der Waals surface area contributed by atoms with Gasteiger partial charge in [-0.05, 0) is 26.7 Å². The predicted molar refractivity (Wildman–Crippen MR) is 73.5 cm³/mol. The summed E-state index contributed by atoms with van der Waals surface area (Å²) in [4.78, 5) is 0. The zero-order valence-corrected chi connectivity index (χ0v) is 12.4. The minimum absolute atomic E-state index is 0.0215. The number of halogens is 1. The fourth-order valence-electron chi connectivity index (χ4n) is 2.28. The van der Waals surface area contributed by atoms with Crippen molar-refractivity contribution < 1.29 is 8.42 Å². The van der Waals surface area contributed by atoms with Crippen LogP contribution in [0.4, 0.5) is 0 Å². The lowest BCUT2D eigenvalue weighted by atomic mass is 9.83. The largest absolute Gasteiger partial charge is 0.309 e. The van der Waals surface area contributed by atoms with E-state index in [9.17, 15) is 8.42 Å². The third-order valence-corrected chi connectivity index (χ3v) is 6.39. The van der Waals surface area contributed by atoms with E-state index < -0.39 is 9.84 Å². The van der Waals surface area contributed by atoms with Crippen LogP contribution in [0.25, 0.3) is 0 Å². The van der Waals surface area contributed by atoms with Gasteiger partial charge in [-0.2, -0.15) is 0 Å². The van der Waals surface area contributed by atoms with Crippen molar-refractivity contribution in [3.63, 3.8) is 0 Å². The van der Waals surface area contributed by atoms with Gasteiger partial charge in [0.25, 0.3) is 0 Å². The van der Waals surface area contributed by atoms with Crippen molar-refractivity contribution in [2.24, 2.45) is 0 Å². The average Bonchev–Trinajstić information content (AvgIpc) is 2.30. The molecule has 0 radical (unpaired) electrons. The lowest BCUT2D eigenvalue weighted by Gasteiger charge is -2.36. The van der Waals surface area contributed by atoms with Crippen LogP contribution in [0.3, 0.4) is 0 Å². The van der Waals surface area contributed by atoms with Gasteiger partial charge in [-0.3, -0.25) is 0 Å². The smallest absolute Gasteiger partial charge is 0.153 e. The first-order valence-corrected chi connectivity index (χ1v) is 8.69. The van der Waals surface area contributed by atoms with Gasteiger partial charge in [-0.15, -0.1) is 11.6 Å². The lowest BCUT2D eigenvalue weighted by Crippen LogP contribution is -2.50. The molecule has 0 heterocycles. The molecular formula is C12H24ClNO2S. The van der Waals surface area contributed by atoms with E-state index in [1.807, 2.05) is 0 Å². The Hall–Kier alpha value is 0.200. The molecule has 1 rings (SSSR count). The molecule has 1 aliphatic carbocycles. The Kier molecular flexibility index (Phi) is 5.74. The first-order valence-electron chi connectivity index (χ1n) is 6.44. The molecule has 1 saturated carbocycles. The molecule has 1 fully saturated rings. The van der Waals surface area contributed by atoms with Gasteiger partial charge in [0.15, 0.2) is 9.84 Å². The molecule has 0 aromatic carbocycles. The zero-order valence-electron chi connectivity index (χ0n) is 10.8. The quantitative estimate of drug-likeness (QED) is 0.760. The van der Waals surface area contributed by atoms with Crippen molar-refractivity contribution in [1.29, 1.82) is 0 Å². The highest BCUT2D eigenvalue weighted by Crippen LogP contribution is 2.29. The number of sulfone groups is 1. The first kappa shape index (κ1) is 15.3. The zero-order chi connectivity index (χ0) is 12.9. The van der Waals surface area contributed by atoms with E-state index in [0.29, 0.717) is 12.4 Å². The van der Waals surface area contributed by atoms with Gasteiger partial charge >= 0.3 is 0 Å². The van der Waals surface area contributed by atoms with Crippen LogP contribution in [0.5, 0.6) is 0 Å². The second-order valence-electron chi connectivity index (χ2n) is 5.32. The van der Waals surface area contributed by atoms with Gasteiger partial charge in [-0.1, -0.05) is 19.3 Å². The molecule has 3 nitrogen and oxygen atoms in total. The number of rotatable bonds is 6. The van der Waals surface area contributed by atoms with Crippen LogP contribution < -0.4 is 5.32 Å². The van der Waals surface area contributed by atoms with Gasteiger partial charge in [0, 0.05) is 18.0 Å². The molecule has 1 N–H and O–H groups in total. The highest BCUT2D eigenvalue weighted by Gasteiger charge is 2.30. The van der Waals surface area contributed by atoms with E-state index >= 15 is 0 Å². The molecule has 102 valence electrons. The van der Waals surface area contributed by atoms with E-state index in [0.717, 1.165) is 12.8 Å². The third kappa shape index (κ3) is 4.42. The summed E-state index contributed by atoms with van der Waals surface area (Å²) in [6.07, 6.45) is 5.79. The summed E-state index contributed by atoms with van der Waals surface area (Å²) in [7, 11) is -2.94. The van der Waals surface area contributed by atoms with Crippen molar-refractivity contribution in [1.82, 2.24) is 5.32 Å². The van der Waals surface area contributed by atoms with Crippen molar-refractivity contribution in [2.45, 2.75) is 56.7 Å². The second kappa shape index (κ2) is 6.39. The van der Waals surface area contributed by atoms with Crippen LogP contribution in [0, 0.1) is 0 Å². The van der Waals surface area contributed by atoms with Crippen molar-refractivity contribution in [3.05, 3.63) is 0 Å². The Balaban J connectivity index is 2.43. The summed E-state index contributed by atoms with van der Waals surface area (Å²) in [5.41, 5.74) is -0.0215. The molecule has 0 bridgehead atoms. The highest BCUT2D eigenvalue weighted by molar-refractivity contribution is 7.92. The Labute approximate surface area is 110 Å². The monoisotopic (exact) mass is 281 g/mol. The standard InChI is InChI=1S/C12H24ClNO2S/c1-11(2)17(15,16)9-8-14-12(10-13)6-4-3-5-7-12/h11,14H,3-10H2,1-2H3. The van der Waals surface area contributed by atoms with Crippen LogP contribution in [0.2, 0.25) is 0 Å². The van der Waals surface area contributed by atoms with Gasteiger partial charge in [-0.25, -0.2) is 8.42 Å². The fourth-order valence-corrected chi connectivity index (χ4v) is 3.50. The van der Waals surface area contributed by atoms with E-state index in [4.69, 9.17) is 11.6 Å². The molecule has 0 unspecified atom stereocenters. The number of nitrogens with one attached hydrogen (secondary N) is 1. The SMILES string of the molecule is CC(C)S(=O)(=O)CCNC1(CCl)CCCCC1. The molecule has 5 heteroatoms. The van der Waals surface area contributed by atoms with E-state index in [2.05, 4.69) is 5.32 Å². The van der Waals surface area contributed by atoms with Crippen molar-refractivity contribution in [2.75, 3.05) is 18.2 Å². The number of alkyl halides is 1. The molecule has 0 aromatic heterocycles. The topological polar surface area (TPSA) is 46.2 Å². The van der Waals surface area contributed by atoms with E-state index in [1.54, 1.807) is 13.8 Å². The molecule has 0 spiro atoms. The van der Waals surface area contributed by atoms with E-state index in [-0.39, 0.29) is 16.5 Å². The van der Waals surface area contributed by atoms with Crippen molar-refractivity contribution >= 4 is 21.4 Å². The molecule has 0 aliphatic heterocycles. The molecule has 17 heavy (non-hydrogen) atoms. The lowest BCUT2D eigenvalue weighted by molar-refractivity contribution is 0.263. The molecule has 0 atom stereocenters. The van der Waals surface area contributed by atoms with Gasteiger partial charge < -0.3 is 5.32 Å². The summed E-state index contributed by atoms with van der Waals surface area (Å²) in [6.45, 7) is 3.98. The van der Waals surface area contributed by atoms with Crippen LogP contribution in [-0.4, -0.2) is 37.4 Å². The molecular weight excluding hydrogens is 258 g/mol. The Morgan fingerprint density at radius 1 is 1.24 bits per heavy atom. The second-order valence-corrected chi connectivity index (χ2v) is 8.26. The van der Waals surface area contributed by atoms with Crippen LogP contribution in [0.15, 0.2) is 0 Å². The average molecular weight is 282 g/mol. The van der Waals surface area contributed by atoms with Crippen LogP contribution >= 0.6 is 11.6 Å². The predicted octanol–water partition coefficient (Wildman–Crippen LogP) is 2.34. The number of hydrogen-bond donors (Lipinski definition) is 1. The summed E-state index contributed by atoms with van der Waals surface area (Å²) >= 11 is 6.04. The molecule has 0 amide bonds. The number of hydrogen-bond acceptors (Lipinski definition) is 3. The van der Waals surface area contributed by atoms with Gasteiger partial charge in [0.1, 0.15) is 0 Å². The van der Waals surface area contributed by atoms with Crippen LogP contribution in [0.1, 0.15) is 46.0 Å². The Bertz CT molecular complexity index is 321. The maximum absolute atomic E-state index is 11.7. The normalized spacial score (nSPS) is 20.7. The summed E-state index contributed by atoms with van der Waals surface area (Å²) in [5.74, 6) is 0.790. The van der Waals surface area contributed by atoms with Crippen molar-refractivity contribution in [3.8, 4) is 0 Å². The Morgan fingerprint density at radius 2 is 1.82 bits per heavy atom. The van der Waals surface area contributed by atoms with Gasteiger partial charge in [0.2, 0.25) is 0 Å².